The molecule has 1 atom stereocenters. The van der Waals surface area contributed by atoms with Gasteiger partial charge < -0.3 is 10.8 Å². The number of rotatable bonds is 3. The predicted octanol–water partition coefficient (Wildman–Crippen LogP) is 2.34. The van der Waals surface area contributed by atoms with Crippen LogP contribution in [-0.2, 0) is 10.3 Å². The minimum Gasteiger partial charge on any atom is -0.479 e. The zero-order chi connectivity index (χ0) is 12.6. The van der Waals surface area contributed by atoms with Gasteiger partial charge in [-0.05, 0) is 6.07 Å². The summed E-state index contributed by atoms with van der Waals surface area (Å²) in [5, 5.41) is 8.92. The fourth-order valence-electron chi connectivity index (χ4n) is 1.32. The first kappa shape index (κ1) is 13.1. The summed E-state index contributed by atoms with van der Waals surface area (Å²) >= 11 is 3.02. The number of aliphatic carboxylic acids is 1. The van der Waals surface area contributed by atoms with Gasteiger partial charge in [-0.3, -0.25) is 0 Å². The highest BCUT2D eigenvalue weighted by Gasteiger charge is 2.55. The molecule has 1 unspecified atom stereocenters. The van der Waals surface area contributed by atoms with Gasteiger partial charge in [0, 0.05) is 17.0 Å². The third kappa shape index (κ3) is 1.94. The number of carboxylic acid groups (broad SMARTS) is 1. The fourth-order valence-corrected chi connectivity index (χ4v) is 1.92. The van der Waals surface area contributed by atoms with Crippen LogP contribution < -0.4 is 5.73 Å². The van der Waals surface area contributed by atoms with Gasteiger partial charge in [0.05, 0.1) is 0 Å². The molecule has 1 aromatic rings. The van der Waals surface area contributed by atoms with E-state index in [2.05, 4.69) is 15.9 Å². The second-order valence-electron chi connectivity index (χ2n) is 3.48. The third-order valence-corrected chi connectivity index (χ3v) is 3.02. The number of nitrogens with two attached hydrogens (primary N) is 1. The summed E-state index contributed by atoms with van der Waals surface area (Å²) in [6.07, 6.45) is 0. The molecule has 3 nitrogen and oxygen atoms in total. The molecule has 0 saturated carbocycles. The Morgan fingerprint density at radius 2 is 1.94 bits per heavy atom. The van der Waals surface area contributed by atoms with Crippen molar-refractivity contribution in [2.75, 3.05) is 0 Å². The highest BCUT2D eigenvalue weighted by atomic mass is 79.9. The molecule has 0 aliphatic heterocycles. The quantitative estimate of drug-likeness (QED) is 0.899. The Balaban J connectivity index is 3.46. The number of carboxylic acids is 1. The van der Waals surface area contributed by atoms with Crippen LogP contribution in [0.1, 0.15) is 12.5 Å². The SMILES string of the molecule is CC(F)(F)C(N)(C(=O)O)c1ccccc1Br. The first-order chi connectivity index (χ1) is 7.21. The monoisotopic (exact) mass is 293 g/mol. The molecule has 1 aromatic carbocycles. The van der Waals surface area contributed by atoms with Gasteiger partial charge in [0.2, 0.25) is 5.54 Å². The van der Waals surface area contributed by atoms with Crippen molar-refractivity contribution in [2.45, 2.75) is 18.4 Å². The molecule has 0 aliphatic carbocycles. The third-order valence-electron chi connectivity index (χ3n) is 2.33. The van der Waals surface area contributed by atoms with Crippen LogP contribution in [0.4, 0.5) is 8.78 Å². The summed E-state index contributed by atoms with van der Waals surface area (Å²) in [7, 11) is 0. The van der Waals surface area contributed by atoms with E-state index in [0.717, 1.165) is 0 Å². The molecular formula is C10H10BrF2NO2. The molecule has 0 saturated heterocycles. The molecule has 1 rings (SSSR count). The Morgan fingerprint density at radius 3 is 2.31 bits per heavy atom. The maximum absolute atomic E-state index is 13.4. The Morgan fingerprint density at radius 1 is 1.44 bits per heavy atom. The van der Waals surface area contributed by atoms with E-state index in [1.54, 1.807) is 6.07 Å². The van der Waals surface area contributed by atoms with Crippen LogP contribution in [0.3, 0.4) is 0 Å². The van der Waals surface area contributed by atoms with Crippen molar-refractivity contribution in [2.24, 2.45) is 5.73 Å². The minimum absolute atomic E-state index is 0.157. The Hall–Kier alpha value is -1.01. The molecule has 0 amide bonds. The summed E-state index contributed by atoms with van der Waals surface area (Å²) in [5.41, 5.74) is 2.46. The minimum atomic E-state index is -3.58. The van der Waals surface area contributed by atoms with Crippen molar-refractivity contribution in [1.82, 2.24) is 0 Å². The highest BCUT2D eigenvalue weighted by molar-refractivity contribution is 9.10. The van der Waals surface area contributed by atoms with Gasteiger partial charge in [0.25, 0.3) is 5.92 Å². The normalized spacial score (nSPS) is 15.6. The zero-order valence-corrected chi connectivity index (χ0v) is 9.96. The van der Waals surface area contributed by atoms with E-state index in [1.165, 1.54) is 18.2 Å². The van der Waals surface area contributed by atoms with Crippen molar-refractivity contribution in [1.29, 1.82) is 0 Å². The molecule has 88 valence electrons. The van der Waals surface area contributed by atoms with E-state index in [9.17, 15) is 13.6 Å². The van der Waals surface area contributed by atoms with Crippen LogP contribution in [0.5, 0.6) is 0 Å². The van der Waals surface area contributed by atoms with Gasteiger partial charge in [-0.1, -0.05) is 34.1 Å². The Labute approximate surface area is 99.4 Å². The van der Waals surface area contributed by atoms with Gasteiger partial charge in [-0.2, -0.15) is 0 Å². The smallest absolute Gasteiger partial charge is 0.334 e. The van der Waals surface area contributed by atoms with Gasteiger partial charge >= 0.3 is 5.97 Å². The number of halogens is 3. The second kappa shape index (κ2) is 4.10. The van der Waals surface area contributed by atoms with Crippen LogP contribution in [0.2, 0.25) is 0 Å². The van der Waals surface area contributed by atoms with Crippen LogP contribution in [-0.4, -0.2) is 17.0 Å². The van der Waals surface area contributed by atoms with Crippen LogP contribution in [0, 0.1) is 0 Å². The van der Waals surface area contributed by atoms with Crippen molar-refractivity contribution in [3.05, 3.63) is 34.3 Å². The summed E-state index contributed by atoms with van der Waals surface area (Å²) in [4.78, 5) is 11.0. The standard InChI is InChI=1S/C10H10BrF2NO2/c1-9(12,13)10(14,8(15)16)6-4-2-3-5-7(6)11/h2-5H,14H2,1H3,(H,15,16). The van der Waals surface area contributed by atoms with Crippen LogP contribution in [0.25, 0.3) is 0 Å². The summed E-state index contributed by atoms with van der Waals surface area (Å²) < 4.78 is 27.0. The molecule has 0 fully saturated rings. The predicted molar refractivity (Wildman–Crippen MR) is 58.3 cm³/mol. The molecular weight excluding hydrogens is 284 g/mol. The number of benzene rings is 1. The van der Waals surface area contributed by atoms with Gasteiger partial charge in [0.1, 0.15) is 0 Å². The molecule has 3 N–H and O–H groups in total. The lowest BCUT2D eigenvalue weighted by Crippen LogP contribution is -2.57. The maximum atomic E-state index is 13.4. The van der Waals surface area contributed by atoms with Crippen molar-refractivity contribution in [3.8, 4) is 0 Å². The Bertz CT molecular complexity index is 420. The second-order valence-corrected chi connectivity index (χ2v) is 4.34. The van der Waals surface area contributed by atoms with Crippen molar-refractivity contribution in [3.63, 3.8) is 0 Å². The average Bonchev–Trinajstić information content (AvgIpc) is 2.15. The molecule has 0 aliphatic rings. The van der Waals surface area contributed by atoms with Crippen molar-refractivity contribution >= 4 is 21.9 Å². The first-order valence-corrected chi connectivity index (χ1v) is 5.15. The number of hydrogen-bond acceptors (Lipinski definition) is 2. The summed E-state index contributed by atoms with van der Waals surface area (Å²) in [6.45, 7) is 0.487. The molecule has 0 radical (unpaired) electrons. The topological polar surface area (TPSA) is 63.3 Å². The largest absolute Gasteiger partial charge is 0.479 e. The summed E-state index contributed by atoms with van der Waals surface area (Å²) in [6, 6.07) is 5.77. The van der Waals surface area contributed by atoms with Crippen molar-refractivity contribution < 1.29 is 18.7 Å². The fraction of sp³-hybridized carbons (Fsp3) is 0.300. The van der Waals surface area contributed by atoms with E-state index >= 15 is 0 Å². The zero-order valence-electron chi connectivity index (χ0n) is 8.38. The number of carbonyl (C=O) groups is 1. The molecule has 6 heteroatoms. The van der Waals surface area contributed by atoms with Crippen LogP contribution in [0.15, 0.2) is 28.7 Å². The van der Waals surface area contributed by atoms with Gasteiger partial charge in [-0.15, -0.1) is 0 Å². The van der Waals surface area contributed by atoms with E-state index in [1.807, 2.05) is 0 Å². The molecule has 0 aromatic heterocycles. The first-order valence-electron chi connectivity index (χ1n) is 4.36. The maximum Gasteiger partial charge on any atom is 0.334 e. The molecule has 0 bridgehead atoms. The Kier molecular flexibility index (Phi) is 3.35. The van der Waals surface area contributed by atoms with E-state index < -0.39 is 17.4 Å². The van der Waals surface area contributed by atoms with E-state index in [4.69, 9.17) is 10.8 Å². The number of hydrogen-bond donors (Lipinski definition) is 2. The van der Waals surface area contributed by atoms with E-state index in [-0.39, 0.29) is 10.0 Å². The highest BCUT2D eigenvalue weighted by Crippen LogP contribution is 2.38. The summed E-state index contributed by atoms with van der Waals surface area (Å²) in [5.74, 6) is -5.35. The average molecular weight is 294 g/mol. The van der Waals surface area contributed by atoms with Gasteiger partial charge in [-0.25, -0.2) is 13.6 Å². The molecule has 0 spiro atoms. The lowest BCUT2D eigenvalue weighted by Gasteiger charge is -2.31. The molecule has 0 heterocycles. The number of alkyl halides is 2. The molecule has 16 heavy (non-hydrogen) atoms. The van der Waals surface area contributed by atoms with Crippen LogP contribution >= 0.6 is 15.9 Å². The van der Waals surface area contributed by atoms with Gasteiger partial charge in [0.15, 0.2) is 0 Å². The lowest BCUT2D eigenvalue weighted by molar-refractivity contribution is -0.160. The van der Waals surface area contributed by atoms with E-state index in [0.29, 0.717) is 6.92 Å². The lowest BCUT2D eigenvalue weighted by atomic mass is 9.85.